The lowest BCUT2D eigenvalue weighted by Crippen LogP contribution is -2.53. The molecule has 0 aromatic rings. The van der Waals surface area contributed by atoms with Crippen LogP contribution in [-0.4, -0.2) is 54.1 Å². The number of nitrogens with zero attached hydrogens (tertiary/aromatic N) is 2. The molecule has 1 aliphatic rings. The number of piperidine rings is 1. The molecule has 1 aliphatic heterocycles. The summed E-state index contributed by atoms with van der Waals surface area (Å²) < 4.78 is 0. The Morgan fingerprint density at radius 2 is 1.88 bits per heavy atom. The van der Waals surface area contributed by atoms with Gasteiger partial charge in [-0.1, -0.05) is 20.3 Å². The molecule has 1 heterocycles. The Labute approximate surface area is 107 Å². The van der Waals surface area contributed by atoms with Crippen molar-refractivity contribution >= 4 is 0 Å². The van der Waals surface area contributed by atoms with Crippen LogP contribution >= 0.6 is 0 Å². The molecule has 0 spiro atoms. The smallest absolute Gasteiger partial charge is 0.0226 e. The average Bonchev–Trinajstić information content (AvgIpc) is 2.26. The summed E-state index contributed by atoms with van der Waals surface area (Å²) in [7, 11) is 0. The Hall–Kier alpha value is -0.120. The standard InChI is InChI=1S/C14H31N3/c1-5-16(6-2)11-13-9-7-8-10-17(13)12-14(3,4)15/h13H,5-12,15H2,1-4H3. The van der Waals surface area contributed by atoms with Gasteiger partial charge in [-0.3, -0.25) is 4.90 Å². The fraction of sp³-hybridized carbons (Fsp3) is 1.00. The second-order valence-corrected chi connectivity index (χ2v) is 6.09. The maximum absolute atomic E-state index is 6.17. The van der Waals surface area contributed by atoms with E-state index in [1.54, 1.807) is 0 Å². The van der Waals surface area contributed by atoms with Crippen LogP contribution in [0.15, 0.2) is 0 Å². The maximum Gasteiger partial charge on any atom is 0.0226 e. The summed E-state index contributed by atoms with van der Waals surface area (Å²) in [6, 6.07) is 0.714. The third kappa shape index (κ3) is 5.36. The summed E-state index contributed by atoms with van der Waals surface area (Å²) in [6.45, 7) is 14.6. The first-order chi connectivity index (χ1) is 7.96. The van der Waals surface area contributed by atoms with Gasteiger partial charge < -0.3 is 10.6 Å². The third-order valence-corrected chi connectivity index (χ3v) is 3.72. The SMILES string of the molecule is CCN(CC)CC1CCCCN1CC(C)(C)N. The van der Waals surface area contributed by atoms with Gasteiger partial charge in [-0.25, -0.2) is 0 Å². The van der Waals surface area contributed by atoms with Crippen LogP contribution in [0.5, 0.6) is 0 Å². The third-order valence-electron chi connectivity index (χ3n) is 3.72. The Bertz CT molecular complexity index is 206. The van der Waals surface area contributed by atoms with E-state index in [2.05, 4.69) is 37.5 Å². The minimum absolute atomic E-state index is 0.0706. The molecular formula is C14H31N3. The van der Waals surface area contributed by atoms with Gasteiger partial charge in [0.05, 0.1) is 0 Å². The molecule has 17 heavy (non-hydrogen) atoms. The fourth-order valence-corrected chi connectivity index (χ4v) is 2.78. The number of nitrogens with two attached hydrogens (primary N) is 1. The van der Waals surface area contributed by atoms with Crippen molar-refractivity contribution in [2.45, 2.75) is 58.5 Å². The van der Waals surface area contributed by atoms with E-state index in [0.29, 0.717) is 6.04 Å². The first-order valence-electron chi connectivity index (χ1n) is 7.21. The minimum atomic E-state index is -0.0706. The summed E-state index contributed by atoms with van der Waals surface area (Å²) in [4.78, 5) is 5.15. The van der Waals surface area contributed by atoms with Gasteiger partial charge in [0.25, 0.3) is 0 Å². The van der Waals surface area contributed by atoms with E-state index in [4.69, 9.17) is 5.73 Å². The van der Waals surface area contributed by atoms with E-state index in [1.807, 2.05) is 0 Å². The Morgan fingerprint density at radius 1 is 1.24 bits per heavy atom. The molecule has 0 saturated carbocycles. The molecule has 3 heteroatoms. The fourth-order valence-electron chi connectivity index (χ4n) is 2.78. The van der Waals surface area contributed by atoms with E-state index in [9.17, 15) is 0 Å². The van der Waals surface area contributed by atoms with Crippen LogP contribution in [0, 0.1) is 0 Å². The van der Waals surface area contributed by atoms with Crippen molar-refractivity contribution in [3.05, 3.63) is 0 Å². The zero-order valence-electron chi connectivity index (χ0n) is 12.2. The van der Waals surface area contributed by atoms with E-state index in [0.717, 1.165) is 19.6 Å². The van der Waals surface area contributed by atoms with Crippen molar-refractivity contribution in [1.82, 2.24) is 9.80 Å². The summed E-state index contributed by atoms with van der Waals surface area (Å²) in [6.07, 6.45) is 4.06. The Morgan fingerprint density at radius 3 is 2.41 bits per heavy atom. The minimum Gasteiger partial charge on any atom is -0.324 e. The second-order valence-electron chi connectivity index (χ2n) is 6.09. The Balaban J connectivity index is 2.53. The summed E-state index contributed by atoms with van der Waals surface area (Å²) in [5, 5.41) is 0. The molecule has 0 aromatic heterocycles. The molecule has 1 unspecified atom stereocenters. The van der Waals surface area contributed by atoms with Crippen LogP contribution in [-0.2, 0) is 0 Å². The van der Waals surface area contributed by atoms with Gasteiger partial charge in [0.15, 0.2) is 0 Å². The van der Waals surface area contributed by atoms with E-state index in [-0.39, 0.29) is 5.54 Å². The van der Waals surface area contributed by atoms with Crippen LogP contribution in [0.1, 0.15) is 47.0 Å². The molecule has 1 atom stereocenters. The molecular weight excluding hydrogens is 210 g/mol. The molecule has 1 fully saturated rings. The van der Waals surface area contributed by atoms with Crippen LogP contribution < -0.4 is 5.73 Å². The van der Waals surface area contributed by atoms with Crippen molar-refractivity contribution in [2.24, 2.45) is 5.73 Å². The predicted octanol–water partition coefficient (Wildman–Crippen LogP) is 1.92. The molecule has 0 amide bonds. The lowest BCUT2D eigenvalue weighted by molar-refractivity contribution is 0.0908. The first kappa shape index (κ1) is 14.9. The van der Waals surface area contributed by atoms with E-state index < -0.39 is 0 Å². The van der Waals surface area contributed by atoms with Gasteiger partial charge in [-0.15, -0.1) is 0 Å². The summed E-state index contributed by atoms with van der Waals surface area (Å²) in [5.74, 6) is 0. The summed E-state index contributed by atoms with van der Waals surface area (Å²) in [5.41, 5.74) is 6.10. The zero-order valence-corrected chi connectivity index (χ0v) is 12.2. The molecule has 0 bridgehead atoms. The zero-order chi connectivity index (χ0) is 12.9. The normalized spacial score (nSPS) is 23.3. The van der Waals surface area contributed by atoms with Crippen LogP contribution in [0.2, 0.25) is 0 Å². The number of likely N-dealkylation sites (N-methyl/N-ethyl adjacent to an activating group) is 1. The Kier molecular flexibility index (Phi) is 5.90. The van der Waals surface area contributed by atoms with Crippen molar-refractivity contribution in [3.8, 4) is 0 Å². The average molecular weight is 241 g/mol. The molecule has 102 valence electrons. The number of rotatable bonds is 6. The number of hydrogen-bond donors (Lipinski definition) is 1. The van der Waals surface area contributed by atoms with Crippen molar-refractivity contribution in [1.29, 1.82) is 0 Å². The number of hydrogen-bond acceptors (Lipinski definition) is 3. The van der Waals surface area contributed by atoms with Gasteiger partial charge in [0.1, 0.15) is 0 Å². The lowest BCUT2D eigenvalue weighted by atomic mass is 9.98. The topological polar surface area (TPSA) is 32.5 Å². The quantitative estimate of drug-likeness (QED) is 0.771. The number of likely N-dealkylation sites (tertiary alicyclic amines) is 1. The largest absolute Gasteiger partial charge is 0.324 e. The van der Waals surface area contributed by atoms with Crippen molar-refractivity contribution < 1.29 is 0 Å². The molecule has 0 radical (unpaired) electrons. The lowest BCUT2D eigenvalue weighted by Gasteiger charge is -2.41. The van der Waals surface area contributed by atoms with Crippen molar-refractivity contribution in [3.63, 3.8) is 0 Å². The van der Waals surface area contributed by atoms with Crippen LogP contribution in [0.3, 0.4) is 0 Å². The van der Waals surface area contributed by atoms with Gasteiger partial charge in [-0.2, -0.15) is 0 Å². The molecule has 1 rings (SSSR count). The molecule has 0 aromatic carbocycles. The summed E-state index contributed by atoms with van der Waals surface area (Å²) >= 11 is 0. The highest BCUT2D eigenvalue weighted by Crippen LogP contribution is 2.19. The van der Waals surface area contributed by atoms with E-state index >= 15 is 0 Å². The second kappa shape index (κ2) is 6.72. The highest BCUT2D eigenvalue weighted by Gasteiger charge is 2.27. The van der Waals surface area contributed by atoms with Gasteiger partial charge in [0, 0.05) is 24.7 Å². The van der Waals surface area contributed by atoms with Crippen molar-refractivity contribution in [2.75, 3.05) is 32.7 Å². The van der Waals surface area contributed by atoms with Crippen LogP contribution in [0.25, 0.3) is 0 Å². The molecule has 1 saturated heterocycles. The van der Waals surface area contributed by atoms with E-state index in [1.165, 1.54) is 32.4 Å². The molecule has 0 aliphatic carbocycles. The van der Waals surface area contributed by atoms with Gasteiger partial charge >= 0.3 is 0 Å². The predicted molar refractivity (Wildman–Crippen MR) is 75.3 cm³/mol. The first-order valence-corrected chi connectivity index (χ1v) is 7.21. The van der Waals surface area contributed by atoms with Gasteiger partial charge in [0.2, 0.25) is 0 Å². The maximum atomic E-state index is 6.17. The monoisotopic (exact) mass is 241 g/mol. The highest BCUT2D eigenvalue weighted by molar-refractivity contribution is 4.85. The molecule has 2 N–H and O–H groups in total. The van der Waals surface area contributed by atoms with Gasteiger partial charge in [-0.05, 0) is 46.3 Å². The van der Waals surface area contributed by atoms with Crippen LogP contribution in [0.4, 0.5) is 0 Å². The highest BCUT2D eigenvalue weighted by atomic mass is 15.2. The molecule has 3 nitrogen and oxygen atoms in total.